The van der Waals surface area contributed by atoms with Gasteiger partial charge in [-0.2, -0.15) is 0 Å². The van der Waals surface area contributed by atoms with Gasteiger partial charge in [-0.05, 0) is 30.9 Å². The zero-order chi connectivity index (χ0) is 16.1. The van der Waals surface area contributed by atoms with Crippen LogP contribution in [0.5, 0.6) is 0 Å². The average Bonchev–Trinajstić information content (AvgIpc) is 3.20. The monoisotopic (exact) mass is 318 g/mol. The van der Waals surface area contributed by atoms with Gasteiger partial charge < -0.3 is 24.9 Å². The summed E-state index contributed by atoms with van der Waals surface area (Å²) < 4.78 is 11.8. The van der Waals surface area contributed by atoms with E-state index in [-0.39, 0.29) is 12.1 Å². The molecule has 0 aliphatic carbocycles. The SMILES string of the molecule is CC1CC(OCc2ccc(COC3CNC(C=O)C3)cc2)CN1. The third-order valence-electron chi connectivity index (χ3n) is 4.59. The van der Waals surface area contributed by atoms with Crippen LogP contribution in [0.4, 0.5) is 0 Å². The number of hydrogen-bond acceptors (Lipinski definition) is 5. The number of benzene rings is 1. The maximum absolute atomic E-state index is 10.7. The average molecular weight is 318 g/mol. The molecule has 0 spiro atoms. The summed E-state index contributed by atoms with van der Waals surface area (Å²) >= 11 is 0. The van der Waals surface area contributed by atoms with E-state index in [2.05, 4.69) is 41.8 Å². The van der Waals surface area contributed by atoms with E-state index in [0.29, 0.717) is 25.4 Å². The molecule has 23 heavy (non-hydrogen) atoms. The Kier molecular flexibility index (Phi) is 5.78. The van der Waals surface area contributed by atoms with E-state index < -0.39 is 0 Å². The molecule has 2 heterocycles. The smallest absolute Gasteiger partial charge is 0.136 e. The number of ether oxygens (including phenoxy) is 2. The van der Waals surface area contributed by atoms with Gasteiger partial charge in [-0.15, -0.1) is 0 Å². The first-order valence-electron chi connectivity index (χ1n) is 8.46. The molecule has 1 aromatic carbocycles. The molecule has 2 saturated heterocycles. The Labute approximate surface area is 137 Å². The first-order valence-corrected chi connectivity index (χ1v) is 8.46. The standard InChI is InChI=1S/C18H26N2O3/c1-13-6-17(8-19-13)22-11-14-2-4-15(5-3-14)12-23-18-7-16(10-21)20-9-18/h2-5,10,13,16-20H,6-9,11-12H2,1H3. The lowest BCUT2D eigenvalue weighted by Gasteiger charge is -2.12. The third-order valence-corrected chi connectivity index (χ3v) is 4.59. The van der Waals surface area contributed by atoms with Crippen LogP contribution in [0, 0.1) is 0 Å². The number of carbonyl (C=O) groups excluding carboxylic acids is 1. The predicted molar refractivity (Wildman–Crippen MR) is 88.1 cm³/mol. The number of rotatable bonds is 7. The summed E-state index contributed by atoms with van der Waals surface area (Å²) in [4.78, 5) is 10.7. The van der Waals surface area contributed by atoms with Crippen molar-refractivity contribution in [1.82, 2.24) is 10.6 Å². The van der Waals surface area contributed by atoms with Crippen LogP contribution in [0.3, 0.4) is 0 Å². The zero-order valence-corrected chi connectivity index (χ0v) is 13.7. The van der Waals surface area contributed by atoms with Crippen molar-refractivity contribution in [2.45, 2.75) is 57.3 Å². The second-order valence-electron chi connectivity index (χ2n) is 6.61. The van der Waals surface area contributed by atoms with Crippen LogP contribution in [-0.4, -0.2) is 43.7 Å². The highest BCUT2D eigenvalue weighted by Crippen LogP contribution is 2.15. The van der Waals surface area contributed by atoms with Crippen LogP contribution in [0.2, 0.25) is 0 Å². The summed E-state index contributed by atoms with van der Waals surface area (Å²) in [6.07, 6.45) is 3.27. The third kappa shape index (κ3) is 4.85. The highest BCUT2D eigenvalue weighted by molar-refractivity contribution is 5.58. The Morgan fingerprint density at radius 2 is 1.57 bits per heavy atom. The second-order valence-corrected chi connectivity index (χ2v) is 6.61. The molecule has 2 N–H and O–H groups in total. The molecule has 0 saturated carbocycles. The second kappa shape index (κ2) is 8.02. The highest BCUT2D eigenvalue weighted by Gasteiger charge is 2.24. The van der Waals surface area contributed by atoms with E-state index in [0.717, 1.165) is 37.8 Å². The molecule has 126 valence electrons. The Hall–Kier alpha value is -1.27. The summed E-state index contributed by atoms with van der Waals surface area (Å²) in [5.41, 5.74) is 2.34. The van der Waals surface area contributed by atoms with E-state index in [9.17, 15) is 4.79 Å². The van der Waals surface area contributed by atoms with Gasteiger partial charge in [0.15, 0.2) is 0 Å². The largest absolute Gasteiger partial charge is 0.372 e. The Morgan fingerprint density at radius 1 is 1.00 bits per heavy atom. The fourth-order valence-corrected chi connectivity index (χ4v) is 3.14. The van der Waals surface area contributed by atoms with Crippen molar-refractivity contribution in [3.8, 4) is 0 Å². The minimum absolute atomic E-state index is 0.0488. The molecule has 4 unspecified atom stereocenters. The van der Waals surface area contributed by atoms with Gasteiger partial charge >= 0.3 is 0 Å². The van der Waals surface area contributed by atoms with Crippen molar-refractivity contribution < 1.29 is 14.3 Å². The van der Waals surface area contributed by atoms with Crippen molar-refractivity contribution in [1.29, 1.82) is 0 Å². The molecular formula is C18H26N2O3. The van der Waals surface area contributed by atoms with Gasteiger partial charge in [-0.25, -0.2) is 0 Å². The molecule has 0 amide bonds. The Morgan fingerprint density at radius 3 is 2.04 bits per heavy atom. The molecule has 1 aromatic rings. The van der Waals surface area contributed by atoms with Crippen LogP contribution in [0.25, 0.3) is 0 Å². The molecule has 3 rings (SSSR count). The predicted octanol–water partition coefficient (Wildman–Crippen LogP) is 1.40. The molecule has 2 aliphatic heterocycles. The summed E-state index contributed by atoms with van der Waals surface area (Å²) in [5.74, 6) is 0. The van der Waals surface area contributed by atoms with Gasteiger partial charge in [0.1, 0.15) is 6.29 Å². The quantitative estimate of drug-likeness (QED) is 0.744. The van der Waals surface area contributed by atoms with Crippen molar-refractivity contribution >= 4 is 6.29 Å². The molecule has 2 aliphatic rings. The zero-order valence-electron chi connectivity index (χ0n) is 13.7. The normalized spacial score (nSPS) is 30.7. The maximum Gasteiger partial charge on any atom is 0.136 e. The molecule has 0 aromatic heterocycles. The maximum atomic E-state index is 10.7. The van der Waals surface area contributed by atoms with Crippen LogP contribution in [0.15, 0.2) is 24.3 Å². The molecule has 0 bridgehead atoms. The highest BCUT2D eigenvalue weighted by atomic mass is 16.5. The topological polar surface area (TPSA) is 59.6 Å². The minimum Gasteiger partial charge on any atom is -0.372 e. The van der Waals surface area contributed by atoms with Gasteiger partial charge in [0, 0.05) is 19.1 Å². The fourth-order valence-electron chi connectivity index (χ4n) is 3.14. The van der Waals surface area contributed by atoms with Crippen LogP contribution in [0.1, 0.15) is 30.9 Å². The molecule has 4 atom stereocenters. The lowest BCUT2D eigenvalue weighted by Crippen LogP contribution is -2.22. The number of carbonyl (C=O) groups is 1. The molecular weight excluding hydrogens is 292 g/mol. The Balaban J connectivity index is 1.39. The lowest BCUT2D eigenvalue weighted by atomic mass is 10.1. The van der Waals surface area contributed by atoms with E-state index in [4.69, 9.17) is 9.47 Å². The summed E-state index contributed by atoms with van der Waals surface area (Å²) in [5, 5.41) is 6.53. The first-order chi connectivity index (χ1) is 11.2. The van der Waals surface area contributed by atoms with Crippen LogP contribution in [-0.2, 0) is 27.5 Å². The van der Waals surface area contributed by atoms with Crippen LogP contribution < -0.4 is 10.6 Å². The molecule has 2 fully saturated rings. The molecule has 5 heteroatoms. The van der Waals surface area contributed by atoms with Crippen molar-refractivity contribution in [2.75, 3.05) is 13.1 Å². The summed E-state index contributed by atoms with van der Waals surface area (Å²) in [6.45, 7) is 5.14. The van der Waals surface area contributed by atoms with E-state index in [1.807, 2.05) is 0 Å². The van der Waals surface area contributed by atoms with Gasteiger partial charge in [0.25, 0.3) is 0 Å². The Bertz CT molecular complexity index is 505. The van der Waals surface area contributed by atoms with Crippen molar-refractivity contribution in [2.24, 2.45) is 0 Å². The van der Waals surface area contributed by atoms with Gasteiger partial charge in [-0.1, -0.05) is 24.3 Å². The summed E-state index contributed by atoms with van der Waals surface area (Å²) in [7, 11) is 0. The molecule has 0 radical (unpaired) electrons. The van der Waals surface area contributed by atoms with Gasteiger partial charge in [-0.3, -0.25) is 0 Å². The van der Waals surface area contributed by atoms with Gasteiger partial charge in [0.05, 0.1) is 31.5 Å². The van der Waals surface area contributed by atoms with Crippen molar-refractivity contribution in [3.05, 3.63) is 35.4 Å². The van der Waals surface area contributed by atoms with Crippen LogP contribution >= 0.6 is 0 Å². The van der Waals surface area contributed by atoms with E-state index >= 15 is 0 Å². The molecule has 5 nitrogen and oxygen atoms in total. The van der Waals surface area contributed by atoms with E-state index in [1.165, 1.54) is 5.56 Å². The summed E-state index contributed by atoms with van der Waals surface area (Å²) in [6, 6.07) is 8.90. The lowest BCUT2D eigenvalue weighted by molar-refractivity contribution is -0.109. The number of hydrogen-bond donors (Lipinski definition) is 2. The fraction of sp³-hybridized carbons (Fsp3) is 0.611. The first kappa shape index (κ1) is 16.6. The number of nitrogens with one attached hydrogen (secondary N) is 2. The van der Waals surface area contributed by atoms with Gasteiger partial charge in [0.2, 0.25) is 0 Å². The van der Waals surface area contributed by atoms with Crippen molar-refractivity contribution in [3.63, 3.8) is 0 Å². The van der Waals surface area contributed by atoms with E-state index in [1.54, 1.807) is 0 Å². The minimum atomic E-state index is -0.0488. The number of aldehydes is 1.